The second-order valence-electron chi connectivity index (χ2n) is 4.00. The lowest BCUT2D eigenvalue weighted by molar-refractivity contribution is -0.137. The van der Waals surface area contributed by atoms with E-state index in [1.54, 1.807) is 6.07 Å². The molecular formula is C12H13F3N2. The number of alkyl halides is 3. The molecule has 92 valence electrons. The van der Waals surface area contributed by atoms with Crippen molar-refractivity contribution in [1.82, 2.24) is 10.0 Å². The maximum absolute atomic E-state index is 12.5. The largest absolute Gasteiger partial charge is 0.416 e. The highest BCUT2D eigenvalue weighted by atomic mass is 19.4. The minimum absolute atomic E-state index is 0.480. The Morgan fingerprint density at radius 1 is 1.29 bits per heavy atom. The molecule has 0 spiro atoms. The summed E-state index contributed by atoms with van der Waals surface area (Å²) < 4.78 is 37.6. The minimum Gasteiger partial charge on any atom is -0.316 e. The number of hydrazine groups is 1. The Morgan fingerprint density at radius 2 is 2.06 bits per heavy atom. The Balaban J connectivity index is 2.12. The predicted octanol–water partition coefficient (Wildman–Crippen LogP) is 2.88. The standard InChI is InChI=1S/C12H13F3N2/c1-16-6-3-7-17(16)9-10-4-2-5-11(8-10)12(13,14)15/h2-6,8H,7,9H2,1H3. The van der Waals surface area contributed by atoms with Crippen LogP contribution in [0.25, 0.3) is 0 Å². The highest BCUT2D eigenvalue weighted by Crippen LogP contribution is 2.29. The van der Waals surface area contributed by atoms with E-state index in [0.717, 1.165) is 12.6 Å². The maximum atomic E-state index is 12.5. The molecule has 0 amide bonds. The van der Waals surface area contributed by atoms with Gasteiger partial charge in [0.1, 0.15) is 0 Å². The average molecular weight is 242 g/mol. The SMILES string of the molecule is CN1C=CCN1Cc1cccc(C(F)(F)F)c1. The number of hydrogen-bond donors (Lipinski definition) is 0. The lowest BCUT2D eigenvalue weighted by Crippen LogP contribution is -2.31. The highest BCUT2D eigenvalue weighted by molar-refractivity contribution is 5.25. The molecule has 1 aromatic rings. The van der Waals surface area contributed by atoms with Gasteiger partial charge in [-0.3, -0.25) is 0 Å². The Hall–Kier alpha value is -1.49. The summed E-state index contributed by atoms with van der Waals surface area (Å²) in [5.74, 6) is 0. The first-order chi connectivity index (χ1) is 7.97. The van der Waals surface area contributed by atoms with Crippen LogP contribution in [0.15, 0.2) is 36.5 Å². The summed E-state index contributed by atoms with van der Waals surface area (Å²) in [6, 6.07) is 5.45. The molecule has 0 saturated heterocycles. The Morgan fingerprint density at radius 3 is 2.65 bits per heavy atom. The minimum atomic E-state index is -4.27. The van der Waals surface area contributed by atoms with E-state index in [9.17, 15) is 13.2 Å². The molecule has 1 aliphatic rings. The summed E-state index contributed by atoms with van der Waals surface area (Å²) in [4.78, 5) is 0. The molecule has 1 aromatic carbocycles. The van der Waals surface area contributed by atoms with Crippen molar-refractivity contribution >= 4 is 0 Å². The molecule has 0 unspecified atom stereocenters. The van der Waals surface area contributed by atoms with Crippen molar-refractivity contribution in [2.75, 3.05) is 13.6 Å². The van der Waals surface area contributed by atoms with Crippen molar-refractivity contribution in [2.24, 2.45) is 0 Å². The first kappa shape index (κ1) is 12.0. The summed E-state index contributed by atoms with van der Waals surface area (Å²) in [6.45, 7) is 1.21. The van der Waals surface area contributed by atoms with Crippen LogP contribution in [0.1, 0.15) is 11.1 Å². The molecule has 5 heteroatoms. The van der Waals surface area contributed by atoms with Gasteiger partial charge < -0.3 is 5.01 Å². The molecule has 0 N–H and O–H groups in total. The van der Waals surface area contributed by atoms with E-state index in [-0.39, 0.29) is 0 Å². The van der Waals surface area contributed by atoms with Crippen molar-refractivity contribution in [3.8, 4) is 0 Å². The molecule has 1 heterocycles. The van der Waals surface area contributed by atoms with Gasteiger partial charge in [-0.25, -0.2) is 5.01 Å². The van der Waals surface area contributed by atoms with Gasteiger partial charge in [0, 0.05) is 26.3 Å². The molecule has 1 aliphatic heterocycles. The number of hydrogen-bond acceptors (Lipinski definition) is 2. The predicted molar refractivity (Wildman–Crippen MR) is 58.8 cm³/mol. The zero-order valence-corrected chi connectivity index (χ0v) is 9.41. The van der Waals surface area contributed by atoms with Crippen LogP contribution in [0.2, 0.25) is 0 Å². The monoisotopic (exact) mass is 242 g/mol. The molecule has 2 nitrogen and oxygen atoms in total. The highest BCUT2D eigenvalue weighted by Gasteiger charge is 2.30. The van der Waals surface area contributed by atoms with Gasteiger partial charge in [0.15, 0.2) is 0 Å². The normalized spacial score (nSPS) is 16.8. The summed E-state index contributed by atoms with van der Waals surface area (Å²) in [6.07, 6.45) is -0.410. The van der Waals surface area contributed by atoms with E-state index < -0.39 is 11.7 Å². The molecule has 0 fully saturated rings. The zero-order chi connectivity index (χ0) is 12.5. The lowest BCUT2D eigenvalue weighted by atomic mass is 10.1. The lowest BCUT2D eigenvalue weighted by Gasteiger charge is -2.25. The molecule has 17 heavy (non-hydrogen) atoms. The number of nitrogens with zero attached hydrogens (tertiary/aromatic N) is 2. The van der Waals surface area contributed by atoms with Crippen LogP contribution in [-0.2, 0) is 12.7 Å². The number of benzene rings is 1. The molecule has 0 aromatic heterocycles. The molecule has 0 atom stereocenters. The van der Waals surface area contributed by atoms with Crippen LogP contribution in [0, 0.1) is 0 Å². The van der Waals surface area contributed by atoms with E-state index in [4.69, 9.17) is 0 Å². The van der Waals surface area contributed by atoms with Gasteiger partial charge >= 0.3 is 6.18 Å². The van der Waals surface area contributed by atoms with E-state index in [2.05, 4.69) is 0 Å². The summed E-state index contributed by atoms with van der Waals surface area (Å²) in [5, 5.41) is 3.83. The average Bonchev–Trinajstić information content (AvgIpc) is 2.64. The number of rotatable bonds is 2. The summed E-state index contributed by atoms with van der Waals surface area (Å²) in [7, 11) is 1.87. The zero-order valence-electron chi connectivity index (χ0n) is 9.41. The third kappa shape index (κ3) is 2.79. The molecule has 0 radical (unpaired) electrons. The fourth-order valence-corrected chi connectivity index (χ4v) is 1.78. The van der Waals surface area contributed by atoms with Crippen LogP contribution in [0.5, 0.6) is 0 Å². The van der Waals surface area contributed by atoms with Gasteiger partial charge in [0.2, 0.25) is 0 Å². The van der Waals surface area contributed by atoms with Crippen molar-refractivity contribution in [2.45, 2.75) is 12.7 Å². The summed E-state index contributed by atoms with van der Waals surface area (Å²) in [5.41, 5.74) is 0.0696. The van der Waals surface area contributed by atoms with E-state index >= 15 is 0 Å². The van der Waals surface area contributed by atoms with Crippen molar-refractivity contribution in [3.05, 3.63) is 47.7 Å². The Bertz CT molecular complexity index is 426. The van der Waals surface area contributed by atoms with Crippen LogP contribution < -0.4 is 0 Å². The van der Waals surface area contributed by atoms with Crippen molar-refractivity contribution in [1.29, 1.82) is 0 Å². The van der Waals surface area contributed by atoms with Crippen LogP contribution >= 0.6 is 0 Å². The first-order valence-corrected chi connectivity index (χ1v) is 5.27. The Kier molecular flexibility index (Phi) is 3.11. The van der Waals surface area contributed by atoms with Crippen LogP contribution in [0.4, 0.5) is 13.2 Å². The van der Waals surface area contributed by atoms with Crippen LogP contribution in [0.3, 0.4) is 0 Å². The topological polar surface area (TPSA) is 6.48 Å². The smallest absolute Gasteiger partial charge is 0.316 e. The number of halogens is 3. The van der Waals surface area contributed by atoms with Crippen LogP contribution in [-0.4, -0.2) is 23.6 Å². The van der Waals surface area contributed by atoms with Gasteiger partial charge in [-0.15, -0.1) is 0 Å². The van der Waals surface area contributed by atoms with Gasteiger partial charge in [-0.05, 0) is 11.6 Å². The van der Waals surface area contributed by atoms with E-state index in [0.29, 0.717) is 12.1 Å². The third-order valence-electron chi connectivity index (χ3n) is 2.70. The van der Waals surface area contributed by atoms with E-state index in [1.807, 2.05) is 29.3 Å². The Labute approximate surface area is 97.9 Å². The molecule has 0 bridgehead atoms. The third-order valence-corrected chi connectivity index (χ3v) is 2.70. The second kappa shape index (κ2) is 4.41. The molecule has 0 aliphatic carbocycles. The van der Waals surface area contributed by atoms with E-state index in [1.165, 1.54) is 12.1 Å². The van der Waals surface area contributed by atoms with Crippen molar-refractivity contribution in [3.63, 3.8) is 0 Å². The quantitative estimate of drug-likeness (QED) is 0.786. The summed E-state index contributed by atoms with van der Waals surface area (Å²) >= 11 is 0. The van der Waals surface area contributed by atoms with Crippen molar-refractivity contribution < 1.29 is 13.2 Å². The molecular weight excluding hydrogens is 229 g/mol. The van der Waals surface area contributed by atoms with Gasteiger partial charge in [-0.1, -0.05) is 24.3 Å². The molecule has 2 rings (SSSR count). The van der Waals surface area contributed by atoms with Gasteiger partial charge in [0.25, 0.3) is 0 Å². The fraction of sp³-hybridized carbons (Fsp3) is 0.333. The second-order valence-corrected chi connectivity index (χ2v) is 4.00. The van der Waals surface area contributed by atoms with Gasteiger partial charge in [0.05, 0.1) is 5.56 Å². The first-order valence-electron chi connectivity index (χ1n) is 5.27. The fourth-order valence-electron chi connectivity index (χ4n) is 1.78. The molecule has 0 saturated carbocycles. The van der Waals surface area contributed by atoms with Gasteiger partial charge in [-0.2, -0.15) is 13.2 Å². The maximum Gasteiger partial charge on any atom is 0.416 e.